The van der Waals surface area contributed by atoms with Gasteiger partial charge >= 0.3 is 0 Å². The van der Waals surface area contributed by atoms with Crippen LogP contribution in [0.1, 0.15) is 40.0 Å². The first-order valence-electron chi connectivity index (χ1n) is 5.14. The molecule has 0 aliphatic heterocycles. The van der Waals surface area contributed by atoms with Gasteiger partial charge in [0.15, 0.2) is 0 Å². The maximum absolute atomic E-state index is 9.96. The van der Waals surface area contributed by atoms with E-state index in [1.54, 1.807) is 0 Å². The number of hydrogen-bond acceptors (Lipinski definition) is 2. The monoisotopic (exact) mass is 185 g/mol. The summed E-state index contributed by atoms with van der Waals surface area (Å²) in [6.07, 6.45) is 4.45. The van der Waals surface area contributed by atoms with Crippen molar-refractivity contribution in [2.75, 3.05) is 6.54 Å². The van der Waals surface area contributed by atoms with Crippen LogP contribution >= 0.6 is 0 Å². The van der Waals surface area contributed by atoms with Crippen LogP contribution in [0.5, 0.6) is 0 Å². The molecule has 0 aromatic rings. The minimum absolute atomic E-state index is 0.405. The third kappa shape index (κ3) is 5.06. The summed E-state index contributed by atoms with van der Waals surface area (Å²) in [4.78, 5) is 0. The Morgan fingerprint density at radius 3 is 2.38 bits per heavy atom. The minimum atomic E-state index is -0.532. The first-order chi connectivity index (χ1) is 6.08. The molecule has 0 saturated carbocycles. The number of aliphatic hydroxyl groups is 1. The summed E-state index contributed by atoms with van der Waals surface area (Å²) in [6, 6.07) is 0.405. The molecule has 0 fully saturated rings. The lowest BCUT2D eigenvalue weighted by Gasteiger charge is -2.27. The molecule has 1 unspecified atom stereocenters. The van der Waals surface area contributed by atoms with E-state index in [0.29, 0.717) is 12.6 Å². The lowest BCUT2D eigenvalue weighted by atomic mass is 9.97. The number of nitrogens with one attached hydrogen (secondary N) is 1. The summed E-state index contributed by atoms with van der Waals surface area (Å²) in [5.74, 6) is 0. The van der Waals surface area contributed by atoms with Gasteiger partial charge in [-0.05, 0) is 26.2 Å². The smallest absolute Gasteiger partial charge is 0.0766 e. The Morgan fingerprint density at radius 2 is 2.00 bits per heavy atom. The SMILES string of the molecule is C=CCC(C)NCC(O)(CC)CC. The third-order valence-corrected chi connectivity index (χ3v) is 2.62. The Balaban J connectivity index is 3.77. The summed E-state index contributed by atoms with van der Waals surface area (Å²) in [6.45, 7) is 10.5. The second-order valence-corrected chi connectivity index (χ2v) is 3.74. The fraction of sp³-hybridized carbons (Fsp3) is 0.818. The lowest BCUT2D eigenvalue weighted by molar-refractivity contribution is 0.0304. The van der Waals surface area contributed by atoms with E-state index in [1.165, 1.54) is 0 Å². The van der Waals surface area contributed by atoms with E-state index in [-0.39, 0.29) is 0 Å². The molecule has 0 aliphatic carbocycles. The zero-order valence-corrected chi connectivity index (χ0v) is 9.14. The predicted molar refractivity (Wildman–Crippen MR) is 57.8 cm³/mol. The molecule has 0 aliphatic rings. The lowest BCUT2D eigenvalue weighted by Crippen LogP contribution is -2.42. The van der Waals surface area contributed by atoms with Crippen molar-refractivity contribution in [3.05, 3.63) is 12.7 Å². The average Bonchev–Trinajstić information content (AvgIpc) is 2.15. The molecule has 2 heteroatoms. The molecule has 0 heterocycles. The maximum Gasteiger partial charge on any atom is 0.0766 e. The van der Waals surface area contributed by atoms with Crippen LogP contribution in [0.2, 0.25) is 0 Å². The molecule has 0 rings (SSSR count). The molecule has 0 saturated heterocycles. The number of hydrogen-bond donors (Lipinski definition) is 2. The van der Waals surface area contributed by atoms with Gasteiger partial charge in [-0.1, -0.05) is 19.9 Å². The zero-order valence-electron chi connectivity index (χ0n) is 9.14. The van der Waals surface area contributed by atoms with Crippen LogP contribution in [0.15, 0.2) is 12.7 Å². The van der Waals surface area contributed by atoms with Crippen LogP contribution in [0.3, 0.4) is 0 Å². The van der Waals surface area contributed by atoms with Gasteiger partial charge in [0.05, 0.1) is 5.60 Å². The fourth-order valence-electron chi connectivity index (χ4n) is 1.20. The highest BCUT2D eigenvalue weighted by molar-refractivity contribution is 4.81. The Morgan fingerprint density at radius 1 is 1.46 bits per heavy atom. The van der Waals surface area contributed by atoms with Crippen molar-refractivity contribution in [2.24, 2.45) is 0 Å². The van der Waals surface area contributed by atoms with Crippen molar-refractivity contribution < 1.29 is 5.11 Å². The van der Waals surface area contributed by atoms with E-state index < -0.39 is 5.60 Å². The zero-order chi connectivity index (χ0) is 10.3. The van der Waals surface area contributed by atoms with Crippen molar-refractivity contribution in [1.29, 1.82) is 0 Å². The summed E-state index contributed by atoms with van der Waals surface area (Å²) in [7, 11) is 0. The summed E-state index contributed by atoms with van der Waals surface area (Å²) < 4.78 is 0. The quantitative estimate of drug-likeness (QED) is 0.595. The van der Waals surface area contributed by atoms with E-state index in [4.69, 9.17) is 0 Å². The van der Waals surface area contributed by atoms with Gasteiger partial charge in [-0.2, -0.15) is 0 Å². The molecule has 0 aromatic carbocycles. The van der Waals surface area contributed by atoms with Gasteiger partial charge in [0, 0.05) is 12.6 Å². The molecule has 0 bridgehead atoms. The Hall–Kier alpha value is -0.340. The van der Waals surface area contributed by atoms with Gasteiger partial charge in [0.25, 0.3) is 0 Å². The molecule has 2 N–H and O–H groups in total. The molecule has 0 spiro atoms. The molecule has 1 atom stereocenters. The van der Waals surface area contributed by atoms with Crippen LogP contribution < -0.4 is 5.32 Å². The highest BCUT2D eigenvalue weighted by atomic mass is 16.3. The highest BCUT2D eigenvalue weighted by Gasteiger charge is 2.21. The molecule has 78 valence electrons. The van der Waals surface area contributed by atoms with Gasteiger partial charge < -0.3 is 10.4 Å². The molecule has 0 aromatic heterocycles. The maximum atomic E-state index is 9.96. The van der Waals surface area contributed by atoms with E-state index >= 15 is 0 Å². The van der Waals surface area contributed by atoms with E-state index in [1.807, 2.05) is 19.9 Å². The molecule has 13 heavy (non-hydrogen) atoms. The largest absolute Gasteiger partial charge is 0.389 e. The van der Waals surface area contributed by atoms with E-state index in [0.717, 1.165) is 19.3 Å². The van der Waals surface area contributed by atoms with Crippen molar-refractivity contribution in [3.63, 3.8) is 0 Å². The van der Waals surface area contributed by atoms with Crippen molar-refractivity contribution in [2.45, 2.75) is 51.7 Å². The van der Waals surface area contributed by atoms with Crippen molar-refractivity contribution in [3.8, 4) is 0 Å². The standard InChI is InChI=1S/C11H23NO/c1-5-8-10(4)12-9-11(13,6-2)7-3/h5,10,12-13H,1,6-9H2,2-4H3. The second-order valence-electron chi connectivity index (χ2n) is 3.74. The third-order valence-electron chi connectivity index (χ3n) is 2.62. The first kappa shape index (κ1) is 12.7. The summed E-state index contributed by atoms with van der Waals surface area (Å²) in [5, 5.41) is 13.3. The van der Waals surface area contributed by atoms with Gasteiger partial charge in [0.2, 0.25) is 0 Å². The normalized spacial score (nSPS) is 14.2. The molecule has 0 amide bonds. The Bertz CT molecular complexity index is 141. The first-order valence-corrected chi connectivity index (χ1v) is 5.14. The predicted octanol–water partition coefficient (Wildman–Crippen LogP) is 2.09. The minimum Gasteiger partial charge on any atom is -0.389 e. The summed E-state index contributed by atoms with van der Waals surface area (Å²) in [5.41, 5.74) is -0.532. The number of rotatable bonds is 7. The van der Waals surface area contributed by atoms with Crippen molar-refractivity contribution in [1.82, 2.24) is 5.32 Å². The Kier molecular flexibility index (Phi) is 6.00. The highest BCUT2D eigenvalue weighted by Crippen LogP contribution is 2.13. The van der Waals surface area contributed by atoms with Crippen LogP contribution in [-0.2, 0) is 0 Å². The van der Waals surface area contributed by atoms with Crippen LogP contribution in [0, 0.1) is 0 Å². The van der Waals surface area contributed by atoms with Gasteiger partial charge in [-0.25, -0.2) is 0 Å². The molecule has 0 radical (unpaired) electrons. The average molecular weight is 185 g/mol. The molecular weight excluding hydrogens is 162 g/mol. The van der Waals surface area contributed by atoms with Gasteiger partial charge in [0.1, 0.15) is 0 Å². The van der Waals surface area contributed by atoms with E-state index in [9.17, 15) is 5.11 Å². The van der Waals surface area contributed by atoms with Crippen LogP contribution in [0.25, 0.3) is 0 Å². The van der Waals surface area contributed by atoms with Crippen LogP contribution in [0.4, 0.5) is 0 Å². The van der Waals surface area contributed by atoms with Gasteiger partial charge in [-0.3, -0.25) is 0 Å². The molecular formula is C11H23NO. The van der Waals surface area contributed by atoms with Gasteiger partial charge in [-0.15, -0.1) is 6.58 Å². The Labute approximate surface area is 82.0 Å². The van der Waals surface area contributed by atoms with Crippen LogP contribution in [-0.4, -0.2) is 23.3 Å². The van der Waals surface area contributed by atoms with Crippen molar-refractivity contribution >= 4 is 0 Å². The summed E-state index contributed by atoms with van der Waals surface area (Å²) >= 11 is 0. The topological polar surface area (TPSA) is 32.3 Å². The second kappa shape index (κ2) is 6.17. The molecule has 2 nitrogen and oxygen atoms in total. The fourth-order valence-corrected chi connectivity index (χ4v) is 1.20. The van der Waals surface area contributed by atoms with E-state index in [2.05, 4.69) is 18.8 Å².